The van der Waals surface area contributed by atoms with E-state index in [2.05, 4.69) is 4.90 Å². The Balaban J connectivity index is 2.28. The highest BCUT2D eigenvalue weighted by atomic mass is 16.5. The number of ether oxygens (including phenoxy) is 2. The zero-order valence-electron chi connectivity index (χ0n) is 11.6. The Kier molecular flexibility index (Phi) is 7.97. The molecule has 6 nitrogen and oxygen atoms in total. The van der Waals surface area contributed by atoms with Crippen LogP contribution in [0.15, 0.2) is 0 Å². The maximum atomic E-state index is 10.8. The number of piperidine rings is 1. The van der Waals surface area contributed by atoms with E-state index in [1.165, 1.54) is 0 Å². The fourth-order valence-electron chi connectivity index (χ4n) is 2.42. The molecule has 0 radical (unpaired) electrons. The molecule has 1 aliphatic heterocycles. The number of hydrogen-bond donors (Lipinski definition) is 2. The Labute approximate surface area is 114 Å². The van der Waals surface area contributed by atoms with Crippen LogP contribution in [0.5, 0.6) is 0 Å². The lowest BCUT2D eigenvalue weighted by Crippen LogP contribution is -2.45. The summed E-state index contributed by atoms with van der Waals surface area (Å²) in [6.07, 6.45) is 2.59. The van der Waals surface area contributed by atoms with Crippen LogP contribution in [0.25, 0.3) is 0 Å². The highest BCUT2D eigenvalue weighted by molar-refractivity contribution is 5.67. The second-order valence-corrected chi connectivity index (χ2v) is 4.96. The number of aliphatic hydroxyl groups is 1. The van der Waals surface area contributed by atoms with Crippen LogP contribution in [0, 0.1) is 0 Å². The number of rotatable bonds is 9. The van der Waals surface area contributed by atoms with Crippen molar-refractivity contribution in [2.75, 3.05) is 40.0 Å². The molecule has 0 aromatic rings. The minimum atomic E-state index is -0.775. The fraction of sp³-hybridized carbons (Fsp3) is 0.923. The van der Waals surface area contributed by atoms with Gasteiger partial charge in [0.15, 0.2) is 0 Å². The molecule has 1 rings (SSSR count). The van der Waals surface area contributed by atoms with Crippen LogP contribution in [0.3, 0.4) is 0 Å². The summed E-state index contributed by atoms with van der Waals surface area (Å²) in [6, 6.07) is 0.0416. The van der Waals surface area contributed by atoms with Crippen LogP contribution >= 0.6 is 0 Å². The van der Waals surface area contributed by atoms with Crippen molar-refractivity contribution < 1.29 is 24.5 Å². The van der Waals surface area contributed by atoms with Crippen molar-refractivity contribution in [3.05, 3.63) is 0 Å². The zero-order chi connectivity index (χ0) is 14.1. The average molecular weight is 275 g/mol. The lowest BCUT2D eigenvalue weighted by molar-refractivity contribution is -0.139. The zero-order valence-corrected chi connectivity index (χ0v) is 11.6. The van der Waals surface area contributed by atoms with Crippen molar-refractivity contribution in [2.24, 2.45) is 0 Å². The van der Waals surface area contributed by atoms with E-state index in [0.717, 1.165) is 25.8 Å². The molecule has 19 heavy (non-hydrogen) atoms. The normalized spacial score (nSPS) is 22.3. The first-order valence-electron chi connectivity index (χ1n) is 6.84. The van der Waals surface area contributed by atoms with E-state index in [4.69, 9.17) is 14.6 Å². The Hall–Kier alpha value is -0.690. The minimum Gasteiger partial charge on any atom is -0.481 e. The van der Waals surface area contributed by atoms with Gasteiger partial charge in [-0.2, -0.15) is 0 Å². The molecule has 1 aliphatic rings. The van der Waals surface area contributed by atoms with Gasteiger partial charge in [0.25, 0.3) is 0 Å². The van der Waals surface area contributed by atoms with Crippen molar-refractivity contribution in [1.82, 2.24) is 4.90 Å². The van der Waals surface area contributed by atoms with Gasteiger partial charge in [-0.1, -0.05) is 6.42 Å². The van der Waals surface area contributed by atoms with E-state index in [-0.39, 0.29) is 19.1 Å². The van der Waals surface area contributed by atoms with E-state index in [0.29, 0.717) is 19.8 Å². The molecular weight excluding hydrogens is 250 g/mol. The van der Waals surface area contributed by atoms with Gasteiger partial charge in [-0.25, -0.2) is 0 Å². The van der Waals surface area contributed by atoms with Crippen molar-refractivity contribution in [2.45, 2.75) is 37.8 Å². The molecule has 0 bridgehead atoms. The fourth-order valence-corrected chi connectivity index (χ4v) is 2.42. The van der Waals surface area contributed by atoms with E-state index >= 15 is 0 Å². The smallest absolute Gasteiger partial charge is 0.304 e. The summed E-state index contributed by atoms with van der Waals surface area (Å²) >= 11 is 0. The molecule has 0 aromatic carbocycles. The van der Waals surface area contributed by atoms with Crippen LogP contribution < -0.4 is 0 Å². The molecule has 0 amide bonds. The van der Waals surface area contributed by atoms with Gasteiger partial charge in [-0.3, -0.25) is 9.69 Å². The number of likely N-dealkylation sites (tertiary alicyclic amines) is 1. The molecule has 6 heteroatoms. The number of nitrogens with zero attached hydrogens (tertiary/aromatic N) is 1. The molecule has 0 saturated carbocycles. The second kappa shape index (κ2) is 9.25. The van der Waals surface area contributed by atoms with Crippen molar-refractivity contribution >= 4 is 5.97 Å². The predicted octanol–water partition coefficient (Wildman–Crippen LogP) is 0.340. The number of hydrogen-bond acceptors (Lipinski definition) is 5. The molecular formula is C13H25NO5. The molecule has 2 unspecified atom stereocenters. The van der Waals surface area contributed by atoms with Crippen molar-refractivity contribution in [3.63, 3.8) is 0 Å². The highest BCUT2D eigenvalue weighted by Crippen LogP contribution is 2.19. The minimum absolute atomic E-state index is 0.0416. The van der Waals surface area contributed by atoms with Crippen molar-refractivity contribution in [3.8, 4) is 0 Å². The number of aliphatic carboxylic acids is 1. The number of methoxy groups -OCH3 is 1. The molecule has 2 atom stereocenters. The summed E-state index contributed by atoms with van der Waals surface area (Å²) in [7, 11) is 1.60. The lowest BCUT2D eigenvalue weighted by Gasteiger charge is -2.36. The number of aliphatic hydroxyl groups excluding tert-OH is 1. The lowest BCUT2D eigenvalue weighted by atomic mass is 9.99. The molecule has 2 N–H and O–H groups in total. The Morgan fingerprint density at radius 1 is 1.42 bits per heavy atom. The van der Waals surface area contributed by atoms with E-state index in [9.17, 15) is 9.90 Å². The van der Waals surface area contributed by atoms with Gasteiger partial charge in [0.2, 0.25) is 0 Å². The number of β-amino-alcohol motifs (C(OH)–C–C–N with tert-alkyl or cyclic N) is 1. The largest absolute Gasteiger partial charge is 0.481 e. The quantitative estimate of drug-likeness (QED) is 0.591. The van der Waals surface area contributed by atoms with Gasteiger partial charge < -0.3 is 19.7 Å². The second-order valence-electron chi connectivity index (χ2n) is 4.96. The predicted molar refractivity (Wildman–Crippen MR) is 70.2 cm³/mol. The van der Waals surface area contributed by atoms with E-state index < -0.39 is 12.1 Å². The molecule has 0 spiro atoms. The number of carbonyl (C=O) groups is 1. The van der Waals surface area contributed by atoms with Gasteiger partial charge in [-0.15, -0.1) is 0 Å². The molecule has 1 fully saturated rings. The Morgan fingerprint density at radius 3 is 2.89 bits per heavy atom. The van der Waals surface area contributed by atoms with Crippen LogP contribution in [0.4, 0.5) is 0 Å². The summed E-state index contributed by atoms with van der Waals surface area (Å²) < 4.78 is 10.1. The van der Waals surface area contributed by atoms with Crippen molar-refractivity contribution in [1.29, 1.82) is 0 Å². The molecule has 1 saturated heterocycles. The maximum Gasteiger partial charge on any atom is 0.304 e. The third-order valence-corrected chi connectivity index (χ3v) is 3.35. The number of carboxylic acids is 1. The summed E-state index contributed by atoms with van der Waals surface area (Å²) in [5, 5.41) is 18.8. The van der Waals surface area contributed by atoms with Crippen LogP contribution in [-0.2, 0) is 14.3 Å². The third-order valence-electron chi connectivity index (χ3n) is 3.35. The monoisotopic (exact) mass is 275 g/mol. The number of carboxylic acid groups (broad SMARTS) is 1. The van der Waals surface area contributed by atoms with Gasteiger partial charge in [0.1, 0.15) is 0 Å². The average Bonchev–Trinajstić information content (AvgIpc) is 2.36. The summed E-state index contributed by atoms with van der Waals surface area (Å²) in [6.45, 7) is 2.57. The van der Waals surface area contributed by atoms with Gasteiger partial charge in [0, 0.05) is 19.7 Å². The van der Waals surface area contributed by atoms with Gasteiger partial charge in [0.05, 0.1) is 32.3 Å². The first-order valence-corrected chi connectivity index (χ1v) is 6.84. The molecule has 1 heterocycles. The third kappa shape index (κ3) is 6.87. The highest BCUT2D eigenvalue weighted by Gasteiger charge is 2.26. The van der Waals surface area contributed by atoms with Crippen LogP contribution in [0.1, 0.15) is 25.7 Å². The van der Waals surface area contributed by atoms with Gasteiger partial charge in [-0.05, 0) is 19.4 Å². The standard InChI is InChI=1S/C13H25NO5/c1-18-6-7-19-10-12(15)9-14-5-3-2-4-11(14)8-13(16)17/h11-12,15H,2-10H2,1H3,(H,16,17). The maximum absolute atomic E-state index is 10.8. The summed E-state index contributed by atoms with van der Waals surface area (Å²) in [4.78, 5) is 12.9. The van der Waals surface area contributed by atoms with Crippen LogP contribution in [0.2, 0.25) is 0 Å². The molecule has 0 aromatic heterocycles. The van der Waals surface area contributed by atoms with E-state index in [1.807, 2.05) is 0 Å². The van der Waals surface area contributed by atoms with Gasteiger partial charge >= 0.3 is 5.97 Å². The van der Waals surface area contributed by atoms with E-state index in [1.54, 1.807) is 7.11 Å². The summed E-state index contributed by atoms with van der Waals surface area (Å²) in [5.41, 5.74) is 0. The molecule has 0 aliphatic carbocycles. The first kappa shape index (κ1) is 16.4. The van der Waals surface area contributed by atoms with Crippen LogP contribution in [-0.4, -0.2) is 73.2 Å². The topological polar surface area (TPSA) is 79.2 Å². The Morgan fingerprint density at radius 2 is 2.21 bits per heavy atom. The molecule has 112 valence electrons. The Bertz CT molecular complexity index is 261. The first-order chi connectivity index (χ1) is 9.13. The SMILES string of the molecule is COCCOCC(O)CN1CCCCC1CC(=O)O. The summed E-state index contributed by atoms with van der Waals surface area (Å²) in [5.74, 6) is -0.775.